The third kappa shape index (κ3) is 2.36. The Kier molecular flexibility index (Phi) is 3.24. The molecule has 4 heteroatoms. The summed E-state index contributed by atoms with van der Waals surface area (Å²) < 4.78 is 3.55. The van der Waals surface area contributed by atoms with E-state index >= 15 is 0 Å². The fourth-order valence-electron chi connectivity index (χ4n) is 1.65. The van der Waals surface area contributed by atoms with E-state index in [0.717, 1.165) is 21.3 Å². The van der Waals surface area contributed by atoms with Gasteiger partial charge in [-0.25, -0.2) is 0 Å². The van der Waals surface area contributed by atoms with E-state index in [1.807, 2.05) is 36.4 Å². The van der Waals surface area contributed by atoms with Crippen LogP contribution in [-0.4, -0.2) is 26.2 Å². The summed E-state index contributed by atoms with van der Waals surface area (Å²) in [4.78, 5) is 15.4. The second-order valence-electron chi connectivity index (χ2n) is 3.74. The second-order valence-corrected chi connectivity index (χ2v) is 7.58. The van der Waals surface area contributed by atoms with Crippen LogP contribution in [0.15, 0.2) is 48.5 Å². The van der Waals surface area contributed by atoms with E-state index in [1.54, 1.807) is 11.3 Å². The van der Waals surface area contributed by atoms with Gasteiger partial charge in [0.15, 0.2) is 0 Å². The molecule has 2 nitrogen and oxygen atoms in total. The summed E-state index contributed by atoms with van der Waals surface area (Å²) in [5.41, 5.74) is 1.79. The van der Waals surface area contributed by atoms with Crippen LogP contribution in [0.4, 0.5) is 0 Å². The number of thiazole rings is 1. The fourth-order valence-corrected chi connectivity index (χ4v) is 5.15. The van der Waals surface area contributed by atoms with E-state index in [2.05, 4.69) is 17.1 Å². The van der Waals surface area contributed by atoms with Gasteiger partial charge in [-0.1, -0.05) is 0 Å². The first-order valence-corrected chi connectivity index (χ1v) is 7.97. The van der Waals surface area contributed by atoms with Crippen molar-refractivity contribution < 1.29 is 4.79 Å². The van der Waals surface area contributed by atoms with Crippen LogP contribution >= 0.6 is 11.3 Å². The second kappa shape index (κ2) is 5.02. The zero-order valence-electron chi connectivity index (χ0n) is 9.37. The molecule has 0 aliphatic carbocycles. The van der Waals surface area contributed by atoms with Gasteiger partial charge in [0.2, 0.25) is 0 Å². The number of para-hydroxylation sites is 1. The van der Waals surface area contributed by atoms with E-state index in [0.29, 0.717) is 0 Å². The number of carbonyl (C=O) groups is 1. The van der Waals surface area contributed by atoms with Gasteiger partial charge in [-0.2, -0.15) is 0 Å². The normalized spacial score (nSPS) is 10.7. The third-order valence-electron chi connectivity index (χ3n) is 2.47. The van der Waals surface area contributed by atoms with Crippen molar-refractivity contribution >= 4 is 51.2 Å². The molecule has 0 radical (unpaired) electrons. The maximum atomic E-state index is 10.7. The molecule has 1 aromatic heterocycles. The van der Waals surface area contributed by atoms with Crippen LogP contribution in [-0.2, 0) is 0 Å². The predicted octanol–water partition coefficient (Wildman–Crippen LogP) is 1.76. The molecule has 18 heavy (non-hydrogen) atoms. The van der Waals surface area contributed by atoms with E-state index in [4.69, 9.17) is 0 Å². The minimum absolute atomic E-state index is 0.169. The number of rotatable bonds is 3. The number of hydrogen-bond acceptors (Lipinski definition) is 3. The first-order valence-electron chi connectivity index (χ1n) is 5.44. The van der Waals surface area contributed by atoms with Gasteiger partial charge in [0.05, 0.1) is 0 Å². The average molecular weight is 318 g/mol. The van der Waals surface area contributed by atoms with Gasteiger partial charge < -0.3 is 0 Å². The van der Waals surface area contributed by atoms with Crippen molar-refractivity contribution in [2.75, 3.05) is 0 Å². The minimum atomic E-state index is 0.169. The number of nitrogens with zero attached hydrogens (tertiary/aromatic N) is 1. The first kappa shape index (κ1) is 11.6. The summed E-state index contributed by atoms with van der Waals surface area (Å²) >= 11 is 1.90. The maximum absolute atomic E-state index is 10.7. The van der Waals surface area contributed by atoms with Crippen molar-refractivity contribution in [2.45, 2.75) is 0 Å². The molecule has 2 aromatic carbocycles. The quantitative estimate of drug-likeness (QED) is 0.544. The zero-order chi connectivity index (χ0) is 12.4. The van der Waals surface area contributed by atoms with Crippen LogP contribution in [0.25, 0.3) is 10.2 Å². The molecule has 0 aliphatic heterocycles. The van der Waals surface area contributed by atoms with Crippen LogP contribution < -0.4 is 8.37 Å². The van der Waals surface area contributed by atoms with Crippen LogP contribution in [0.2, 0.25) is 0 Å². The molecular weight excluding hydrogens is 309 g/mol. The molecule has 0 N–H and O–H groups in total. The average Bonchev–Trinajstić information content (AvgIpc) is 2.81. The van der Waals surface area contributed by atoms with E-state index in [-0.39, 0.29) is 15.0 Å². The number of aldehydes is 1. The molecule has 0 fully saturated rings. The van der Waals surface area contributed by atoms with E-state index in [9.17, 15) is 4.79 Å². The molecule has 88 valence electrons. The van der Waals surface area contributed by atoms with Crippen molar-refractivity contribution in [3.63, 3.8) is 0 Å². The molecule has 0 bridgehead atoms. The molecular formula is C14H9NOSSe. The molecule has 0 aliphatic rings. The Morgan fingerprint density at radius 1 is 1.11 bits per heavy atom. The van der Waals surface area contributed by atoms with Crippen molar-refractivity contribution in [1.82, 2.24) is 4.98 Å². The van der Waals surface area contributed by atoms with Gasteiger partial charge in [-0.05, 0) is 0 Å². The zero-order valence-corrected chi connectivity index (χ0v) is 11.9. The number of fused-ring (bicyclic) bond motifs is 1. The molecule has 0 unspecified atom stereocenters. The number of benzene rings is 2. The summed E-state index contributed by atoms with van der Waals surface area (Å²) in [6.45, 7) is 0. The van der Waals surface area contributed by atoms with Gasteiger partial charge in [0, 0.05) is 0 Å². The van der Waals surface area contributed by atoms with Gasteiger partial charge in [-0.3, -0.25) is 0 Å². The molecule has 0 saturated heterocycles. The summed E-state index contributed by atoms with van der Waals surface area (Å²) in [6.07, 6.45) is 0.887. The first-order chi connectivity index (χ1) is 8.85. The van der Waals surface area contributed by atoms with Crippen LogP contribution in [0, 0.1) is 0 Å². The summed E-state index contributed by atoms with van der Waals surface area (Å²) in [5.74, 6) is 0. The van der Waals surface area contributed by atoms with Crippen LogP contribution in [0.3, 0.4) is 0 Å². The molecule has 0 spiro atoms. The third-order valence-corrected chi connectivity index (χ3v) is 5.85. The fraction of sp³-hybridized carbons (Fsp3) is 0. The molecule has 0 saturated carbocycles. The number of carbonyl (C=O) groups excluding carboxylic acids is 1. The monoisotopic (exact) mass is 319 g/mol. The van der Waals surface area contributed by atoms with Crippen LogP contribution in [0.1, 0.15) is 10.4 Å². The molecule has 0 amide bonds. The topological polar surface area (TPSA) is 30.0 Å². The van der Waals surface area contributed by atoms with E-state index < -0.39 is 0 Å². The summed E-state index contributed by atoms with van der Waals surface area (Å²) in [7, 11) is 0. The number of aromatic nitrogens is 1. The Hall–Kier alpha value is -1.48. The molecule has 0 atom stereocenters. The Balaban J connectivity index is 1.93. The Labute approximate surface area is 115 Å². The Morgan fingerprint density at radius 3 is 2.83 bits per heavy atom. The van der Waals surface area contributed by atoms with Crippen molar-refractivity contribution in [3.8, 4) is 0 Å². The van der Waals surface area contributed by atoms with Gasteiger partial charge >= 0.3 is 115 Å². The van der Waals surface area contributed by atoms with E-state index in [1.165, 1.54) is 9.16 Å². The Morgan fingerprint density at radius 2 is 2.00 bits per heavy atom. The standard InChI is InChI=1S/C14H9NOSSe/c16-9-10-4-3-5-11(8-10)18-14-15-12-6-1-2-7-13(12)17-14/h1-9H. The Bertz CT molecular complexity index is 675. The van der Waals surface area contributed by atoms with Crippen molar-refractivity contribution in [3.05, 3.63) is 54.1 Å². The van der Waals surface area contributed by atoms with Crippen molar-refractivity contribution in [1.29, 1.82) is 0 Å². The molecule has 3 rings (SSSR count). The van der Waals surface area contributed by atoms with Gasteiger partial charge in [-0.15, -0.1) is 0 Å². The van der Waals surface area contributed by atoms with Crippen molar-refractivity contribution in [2.24, 2.45) is 0 Å². The predicted molar refractivity (Wildman–Crippen MR) is 76.5 cm³/mol. The van der Waals surface area contributed by atoms with Gasteiger partial charge in [0.25, 0.3) is 0 Å². The van der Waals surface area contributed by atoms with Crippen LogP contribution in [0.5, 0.6) is 0 Å². The summed E-state index contributed by atoms with van der Waals surface area (Å²) in [6, 6.07) is 15.9. The SMILES string of the molecule is O=Cc1cccc([Se]c2nc3ccccc3s2)c1. The summed E-state index contributed by atoms with van der Waals surface area (Å²) in [5, 5.41) is 0. The molecule has 1 heterocycles. The van der Waals surface area contributed by atoms with Gasteiger partial charge in [0.1, 0.15) is 0 Å². The number of hydrogen-bond donors (Lipinski definition) is 0. The molecule has 3 aromatic rings.